The molecule has 0 N–H and O–H groups in total. The van der Waals surface area contributed by atoms with E-state index in [1.807, 2.05) is 0 Å². The molecule has 1 aromatic carbocycles. The molecule has 1 amide bonds. The summed E-state index contributed by atoms with van der Waals surface area (Å²) in [6.07, 6.45) is 0.0710. The number of esters is 1. The zero-order valence-corrected chi connectivity index (χ0v) is 10.9. The Morgan fingerprint density at radius 3 is 2.95 bits per heavy atom. The number of carbonyl (C=O) groups is 2. The van der Waals surface area contributed by atoms with Crippen LogP contribution in [0.5, 0.6) is 0 Å². The summed E-state index contributed by atoms with van der Waals surface area (Å²) in [5.74, 6) is -1.15. The Bertz CT molecular complexity index is 557. The lowest BCUT2D eigenvalue weighted by atomic mass is 10.1. The van der Waals surface area contributed by atoms with Gasteiger partial charge in [-0.15, -0.1) is 0 Å². The van der Waals surface area contributed by atoms with E-state index in [2.05, 4.69) is 0 Å². The van der Waals surface area contributed by atoms with Crippen molar-refractivity contribution in [1.82, 2.24) is 0 Å². The highest BCUT2D eigenvalue weighted by Crippen LogP contribution is 2.28. The molecule has 1 fully saturated rings. The van der Waals surface area contributed by atoms with E-state index in [0.717, 1.165) is 0 Å². The predicted octanol–water partition coefficient (Wildman–Crippen LogP) is 1.51. The Hall–Kier alpha value is -2.44. The molecule has 0 aliphatic carbocycles. The molecule has 1 saturated heterocycles. The first-order valence-electron chi connectivity index (χ1n) is 6.24. The molecular weight excluding hydrogens is 264 g/mol. The molecule has 20 heavy (non-hydrogen) atoms. The van der Waals surface area contributed by atoms with Crippen molar-refractivity contribution in [2.75, 3.05) is 18.1 Å². The first kappa shape index (κ1) is 14.0. The molecule has 1 atom stereocenters. The van der Waals surface area contributed by atoms with Crippen LogP contribution in [0.1, 0.15) is 13.3 Å². The summed E-state index contributed by atoms with van der Waals surface area (Å²) in [4.78, 5) is 35.2. The van der Waals surface area contributed by atoms with Gasteiger partial charge in [-0.2, -0.15) is 0 Å². The average molecular weight is 278 g/mol. The van der Waals surface area contributed by atoms with E-state index in [4.69, 9.17) is 4.74 Å². The van der Waals surface area contributed by atoms with Crippen LogP contribution >= 0.6 is 0 Å². The van der Waals surface area contributed by atoms with Crippen LogP contribution in [0.4, 0.5) is 11.4 Å². The van der Waals surface area contributed by atoms with Crippen molar-refractivity contribution < 1.29 is 19.2 Å². The molecule has 0 saturated carbocycles. The van der Waals surface area contributed by atoms with Gasteiger partial charge in [-0.3, -0.25) is 19.7 Å². The molecule has 1 aliphatic rings. The molecule has 0 unspecified atom stereocenters. The maximum absolute atomic E-state index is 11.9. The summed E-state index contributed by atoms with van der Waals surface area (Å²) >= 11 is 0. The van der Waals surface area contributed by atoms with Gasteiger partial charge in [0.05, 0.1) is 23.1 Å². The summed E-state index contributed by atoms with van der Waals surface area (Å²) in [6.45, 7) is 2.16. The molecule has 0 bridgehead atoms. The van der Waals surface area contributed by atoms with Crippen molar-refractivity contribution >= 4 is 23.3 Å². The number of ether oxygens (including phenoxy) is 1. The fourth-order valence-electron chi connectivity index (χ4n) is 2.15. The highest BCUT2D eigenvalue weighted by atomic mass is 16.6. The van der Waals surface area contributed by atoms with Crippen LogP contribution in [0.15, 0.2) is 24.3 Å². The average Bonchev–Trinajstić information content (AvgIpc) is 2.81. The number of rotatable bonds is 4. The largest absolute Gasteiger partial charge is 0.466 e. The fourth-order valence-corrected chi connectivity index (χ4v) is 2.15. The summed E-state index contributed by atoms with van der Waals surface area (Å²) in [7, 11) is 0. The summed E-state index contributed by atoms with van der Waals surface area (Å²) in [5.41, 5.74) is 0.339. The van der Waals surface area contributed by atoms with Crippen LogP contribution in [-0.2, 0) is 14.3 Å². The minimum Gasteiger partial charge on any atom is -0.466 e. The fraction of sp³-hybridized carbons (Fsp3) is 0.385. The van der Waals surface area contributed by atoms with E-state index < -0.39 is 16.8 Å². The third-order valence-electron chi connectivity index (χ3n) is 3.10. The molecule has 0 aromatic heterocycles. The highest BCUT2D eigenvalue weighted by Gasteiger charge is 2.36. The van der Waals surface area contributed by atoms with Crippen LogP contribution in [-0.4, -0.2) is 30.0 Å². The standard InChI is InChI=1S/C13H14N2O5/c1-2-20-13(17)9-6-12(16)14(8-9)10-4-3-5-11(7-10)15(18)19/h3-5,7,9H,2,6,8H2,1H3/t9-/m1/s1. The summed E-state index contributed by atoms with van der Waals surface area (Å²) < 4.78 is 4.89. The molecule has 0 radical (unpaired) electrons. The maximum atomic E-state index is 11.9. The van der Waals surface area contributed by atoms with Crippen molar-refractivity contribution in [3.8, 4) is 0 Å². The summed E-state index contributed by atoms with van der Waals surface area (Å²) in [5, 5.41) is 10.7. The third-order valence-corrected chi connectivity index (χ3v) is 3.10. The number of nitrogens with zero attached hydrogens (tertiary/aromatic N) is 2. The van der Waals surface area contributed by atoms with Gasteiger partial charge < -0.3 is 9.64 Å². The van der Waals surface area contributed by atoms with Gasteiger partial charge in [0.1, 0.15) is 0 Å². The van der Waals surface area contributed by atoms with Gasteiger partial charge in [-0.1, -0.05) is 6.07 Å². The number of non-ortho nitro benzene ring substituents is 1. The lowest BCUT2D eigenvalue weighted by molar-refractivity contribution is -0.384. The van der Waals surface area contributed by atoms with Crippen LogP contribution in [0.2, 0.25) is 0 Å². The van der Waals surface area contributed by atoms with Crippen molar-refractivity contribution in [2.45, 2.75) is 13.3 Å². The van der Waals surface area contributed by atoms with Gasteiger partial charge in [-0.25, -0.2) is 0 Å². The Morgan fingerprint density at radius 1 is 1.55 bits per heavy atom. The van der Waals surface area contributed by atoms with E-state index in [9.17, 15) is 19.7 Å². The number of benzene rings is 1. The number of nitro benzene ring substituents is 1. The number of nitro groups is 1. The van der Waals surface area contributed by atoms with Crippen molar-refractivity contribution in [3.05, 3.63) is 34.4 Å². The highest BCUT2D eigenvalue weighted by molar-refractivity contribution is 5.99. The quantitative estimate of drug-likeness (QED) is 0.473. The monoisotopic (exact) mass is 278 g/mol. The second kappa shape index (κ2) is 5.68. The van der Waals surface area contributed by atoms with Gasteiger partial charge in [-0.05, 0) is 13.0 Å². The topological polar surface area (TPSA) is 89.8 Å². The molecule has 7 heteroatoms. The second-order valence-electron chi connectivity index (χ2n) is 4.43. The molecule has 2 rings (SSSR count). The third kappa shape index (κ3) is 2.76. The molecule has 106 valence electrons. The zero-order valence-electron chi connectivity index (χ0n) is 10.9. The van der Waals surface area contributed by atoms with Crippen molar-refractivity contribution in [2.24, 2.45) is 5.92 Å². The van der Waals surface area contributed by atoms with E-state index in [0.29, 0.717) is 5.69 Å². The maximum Gasteiger partial charge on any atom is 0.311 e. The molecule has 0 spiro atoms. The normalized spacial score (nSPS) is 18.1. The molecular formula is C13H14N2O5. The Kier molecular flexibility index (Phi) is 3.97. The first-order valence-corrected chi connectivity index (χ1v) is 6.24. The summed E-state index contributed by atoms with van der Waals surface area (Å²) in [6, 6.07) is 5.80. The van der Waals surface area contributed by atoms with Crippen LogP contribution in [0.3, 0.4) is 0 Å². The lowest BCUT2D eigenvalue weighted by Gasteiger charge is -2.16. The Labute approximate surface area is 115 Å². The van der Waals surface area contributed by atoms with Crippen LogP contribution in [0.25, 0.3) is 0 Å². The minimum atomic E-state index is -0.521. The number of hydrogen-bond donors (Lipinski definition) is 0. The van der Waals surface area contributed by atoms with Gasteiger partial charge in [0.25, 0.3) is 5.69 Å². The Morgan fingerprint density at radius 2 is 2.30 bits per heavy atom. The Balaban J connectivity index is 2.17. The zero-order chi connectivity index (χ0) is 14.7. The van der Waals surface area contributed by atoms with Crippen molar-refractivity contribution in [3.63, 3.8) is 0 Å². The molecule has 1 heterocycles. The van der Waals surface area contributed by atoms with Gasteiger partial charge in [0.2, 0.25) is 5.91 Å². The number of hydrogen-bond acceptors (Lipinski definition) is 5. The molecule has 1 aliphatic heterocycles. The van der Waals surface area contributed by atoms with Crippen molar-refractivity contribution in [1.29, 1.82) is 0 Å². The number of amides is 1. The van der Waals surface area contributed by atoms with Gasteiger partial charge >= 0.3 is 5.97 Å². The van der Waals surface area contributed by atoms with Crippen LogP contribution in [0, 0.1) is 16.0 Å². The number of anilines is 1. The molecule has 1 aromatic rings. The van der Waals surface area contributed by atoms with E-state index >= 15 is 0 Å². The minimum absolute atomic E-state index is 0.0710. The van der Waals surface area contributed by atoms with Crippen LogP contribution < -0.4 is 4.90 Å². The SMILES string of the molecule is CCOC(=O)[C@@H]1CC(=O)N(c2cccc([N+](=O)[O-])c2)C1. The predicted molar refractivity (Wildman–Crippen MR) is 70.2 cm³/mol. The molecule has 7 nitrogen and oxygen atoms in total. The van der Waals surface area contributed by atoms with Gasteiger partial charge in [0, 0.05) is 25.1 Å². The first-order chi connectivity index (χ1) is 9.52. The smallest absolute Gasteiger partial charge is 0.311 e. The van der Waals surface area contributed by atoms with Gasteiger partial charge in [0.15, 0.2) is 0 Å². The lowest BCUT2D eigenvalue weighted by Crippen LogP contribution is -2.26. The van der Waals surface area contributed by atoms with E-state index in [-0.39, 0.29) is 31.2 Å². The second-order valence-corrected chi connectivity index (χ2v) is 4.43. The van der Waals surface area contributed by atoms with E-state index in [1.165, 1.54) is 23.1 Å². The number of carbonyl (C=O) groups excluding carboxylic acids is 2. The van der Waals surface area contributed by atoms with E-state index in [1.54, 1.807) is 13.0 Å².